The predicted molar refractivity (Wildman–Crippen MR) is 106 cm³/mol. The molecule has 0 spiro atoms. The highest BCUT2D eigenvalue weighted by molar-refractivity contribution is 5.54. The number of H-pyrrole nitrogens is 2. The van der Waals surface area contributed by atoms with Gasteiger partial charge in [0.05, 0.1) is 0 Å². The first-order valence-electron chi connectivity index (χ1n) is 9.39. The number of nitrogens with zero attached hydrogens (tertiary/aromatic N) is 1. The SMILES string of the molecule is C1CNC1.O=CCc1ccc(=O)[nH]c1.O=c1ccc(CCN2CCC2)c[nH]1. The number of aromatic amines is 2. The fourth-order valence-electron chi connectivity index (χ4n) is 2.33. The van der Waals surface area contributed by atoms with E-state index < -0.39 is 0 Å². The van der Waals surface area contributed by atoms with E-state index in [1.165, 1.54) is 56.8 Å². The zero-order valence-corrected chi connectivity index (χ0v) is 15.6. The minimum absolute atomic E-state index is 0.0206. The smallest absolute Gasteiger partial charge is 0.247 e. The summed E-state index contributed by atoms with van der Waals surface area (Å²) in [6.45, 7) is 6.10. The first kappa shape index (κ1) is 20.8. The molecule has 2 fully saturated rings. The quantitative estimate of drug-likeness (QED) is 0.672. The summed E-state index contributed by atoms with van der Waals surface area (Å²) in [6, 6.07) is 6.52. The number of hydrogen-bond acceptors (Lipinski definition) is 5. The van der Waals surface area contributed by atoms with E-state index in [4.69, 9.17) is 0 Å². The maximum absolute atomic E-state index is 10.8. The lowest BCUT2D eigenvalue weighted by atomic mass is 10.1. The van der Waals surface area contributed by atoms with E-state index in [9.17, 15) is 14.4 Å². The van der Waals surface area contributed by atoms with Crippen molar-refractivity contribution >= 4 is 6.29 Å². The number of hydrogen-bond donors (Lipinski definition) is 3. The molecule has 0 saturated carbocycles. The molecular formula is C20H28N4O3. The summed E-state index contributed by atoms with van der Waals surface area (Å²) in [5, 5.41) is 3.11. The molecule has 7 heteroatoms. The predicted octanol–water partition coefficient (Wildman–Crippen LogP) is 0.719. The van der Waals surface area contributed by atoms with Crippen LogP contribution >= 0.6 is 0 Å². The van der Waals surface area contributed by atoms with Crippen molar-refractivity contribution in [3.63, 3.8) is 0 Å². The fraction of sp³-hybridized carbons (Fsp3) is 0.450. The van der Waals surface area contributed by atoms with Crippen molar-refractivity contribution in [2.75, 3.05) is 32.7 Å². The fourth-order valence-corrected chi connectivity index (χ4v) is 2.33. The third-order valence-corrected chi connectivity index (χ3v) is 4.39. The van der Waals surface area contributed by atoms with E-state index in [1.807, 2.05) is 12.3 Å². The van der Waals surface area contributed by atoms with Crippen LogP contribution in [0.3, 0.4) is 0 Å². The molecule has 0 radical (unpaired) electrons. The van der Waals surface area contributed by atoms with Crippen molar-refractivity contribution in [2.45, 2.75) is 25.7 Å². The second kappa shape index (κ2) is 12.0. The van der Waals surface area contributed by atoms with Gasteiger partial charge in [-0.1, -0.05) is 12.1 Å². The van der Waals surface area contributed by atoms with Gasteiger partial charge >= 0.3 is 0 Å². The molecule has 2 saturated heterocycles. The monoisotopic (exact) mass is 372 g/mol. The van der Waals surface area contributed by atoms with E-state index in [2.05, 4.69) is 20.2 Å². The molecule has 0 amide bonds. The van der Waals surface area contributed by atoms with Gasteiger partial charge in [0, 0.05) is 37.5 Å². The number of aldehydes is 1. The number of likely N-dealkylation sites (tertiary alicyclic amines) is 1. The Morgan fingerprint density at radius 3 is 1.81 bits per heavy atom. The van der Waals surface area contributed by atoms with Crippen LogP contribution in [0.4, 0.5) is 0 Å². The number of aromatic nitrogens is 2. The first-order chi connectivity index (χ1) is 13.2. The van der Waals surface area contributed by atoms with Crippen molar-refractivity contribution in [3.05, 3.63) is 68.5 Å². The summed E-state index contributed by atoms with van der Waals surface area (Å²) in [5.41, 5.74) is 1.88. The average Bonchev–Trinajstić information content (AvgIpc) is 2.57. The standard InChI is InChI=1S/C10H14N2O.C7H7NO2.C3H7N/c13-10-3-2-9(8-11-10)4-7-12-5-1-6-12;9-4-3-6-1-2-7(10)8-5-6;1-2-4-3-1/h2-3,8H,1,4-7H2,(H,11,13);1-2,4-5H,3H2,(H,8,10);4H,1-3H2. The van der Waals surface area contributed by atoms with Crippen LogP contribution in [-0.2, 0) is 17.6 Å². The Balaban J connectivity index is 0.000000164. The number of pyridine rings is 2. The van der Waals surface area contributed by atoms with Gasteiger partial charge in [-0.3, -0.25) is 9.59 Å². The Labute approximate surface area is 158 Å². The van der Waals surface area contributed by atoms with Crippen LogP contribution in [0.15, 0.2) is 46.2 Å². The van der Waals surface area contributed by atoms with Crippen LogP contribution in [0.5, 0.6) is 0 Å². The van der Waals surface area contributed by atoms with Crippen LogP contribution < -0.4 is 16.4 Å². The van der Waals surface area contributed by atoms with Gasteiger partial charge in [-0.15, -0.1) is 0 Å². The number of rotatable bonds is 5. The van der Waals surface area contributed by atoms with Crippen molar-refractivity contribution in [2.24, 2.45) is 0 Å². The highest BCUT2D eigenvalue weighted by Gasteiger charge is 2.12. The Hall–Kier alpha value is -2.51. The lowest BCUT2D eigenvalue weighted by Crippen LogP contribution is -2.38. The van der Waals surface area contributed by atoms with Crippen LogP contribution in [0.2, 0.25) is 0 Å². The molecule has 0 aliphatic carbocycles. The molecular weight excluding hydrogens is 344 g/mol. The second-order valence-corrected chi connectivity index (χ2v) is 6.54. The van der Waals surface area contributed by atoms with Gasteiger partial charge in [0.15, 0.2) is 0 Å². The van der Waals surface area contributed by atoms with E-state index >= 15 is 0 Å². The molecule has 4 rings (SSSR count). The zero-order valence-electron chi connectivity index (χ0n) is 15.6. The lowest BCUT2D eigenvalue weighted by Gasteiger charge is -2.30. The van der Waals surface area contributed by atoms with Crippen LogP contribution in [-0.4, -0.2) is 53.9 Å². The van der Waals surface area contributed by atoms with Gasteiger partial charge in [-0.05, 0) is 56.6 Å². The molecule has 7 nitrogen and oxygen atoms in total. The Kier molecular flexibility index (Phi) is 9.23. The Morgan fingerprint density at radius 2 is 1.44 bits per heavy atom. The topological polar surface area (TPSA) is 98.1 Å². The largest absolute Gasteiger partial charge is 0.329 e. The molecule has 2 aromatic heterocycles. The average molecular weight is 372 g/mol. The molecule has 0 atom stereocenters. The minimum Gasteiger partial charge on any atom is -0.329 e. The molecule has 27 heavy (non-hydrogen) atoms. The van der Waals surface area contributed by atoms with E-state index in [0.717, 1.165) is 24.8 Å². The number of nitrogens with one attached hydrogen (secondary N) is 3. The summed E-state index contributed by atoms with van der Waals surface area (Å²) >= 11 is 0. The molecule has 2 aliphatic heterocycles. The molecule has 0 aromatic carbocycles. The third-order valence-electron chi connectivity index (χ3n) is 4.39. The van der Waals surface area contributed by atoms with Crippen molar-refractivity contribution in [3.8, 4) is 0 Å². The maximum atomic E-state index is 10.8. The molecule has 0 bridgehead atoms. The highest BCUT2D eigenvalue weighted by atomic mass is 16.1. The van der Waals surface area contributed by atoms with Crippen LogP contribution in [0.25, 0.3) is 0 Å². The summed E-state index contributed by atoms with van der Waals surface area (Å²) in [7, 11) is 0. The zero-order chi connectivity index (χ0) is 19.3. The molecule has 2 aliphatic rings. The highest BCUT2D eigenvalue weighted by Crippen LogP contribution is 2.06. The van der Waals surface area contributed by atoms with E-state index in [1.54, 1.807) is 12.1 Å². The molecule has 146 valence electrons. The van der Waals surface area contributed by atoms with Gasteiger partial charge < -0.3 is 25.0 Å². The summed E-state index contributed by atoms with van der Waals surface area (Å²) in [4.78, 5) is 38.8. The van der Waals surface area contributed by atoms with E-state index in [-0.39, 0.29) is 11.1 Å². The van der Waals surface area contributed by atoms with Gasteiger partial charge in [0.2, 0.25) is 11.1 Å². The maximum Gasteiger partial charge on any atom is 0.247 e. The second-order valence-electron chi connectivity index (χ2n) is 6.54. The Bertz CT molecular complexity index is 747. The van der Waals surface area contributed by atoms with Crippen LogP contribution in [0, 0.1) is 0 Å². The van der Waals surface area contributed by atoms with Gasteiger partial charge in [0.1, 0.15) is 6.29 Å². The van der Waals surface area contributed by atoms with Crippen molar-refractivity contribution < 1.29 is 4.79 Å². The molecule has 2 aromatic rings. The van der Waals surface area contributed by atoms with Crippen molar-refractivity contribution in [1.29, 1.82) is 0 Å². The summed E-state index contributed by atoms with van der Waals surface area (Å²) in [6.07, 6.45) is 8.27. The van der Waals surface area contributed by atoms with Crippen LogP contribution in [0.1, 0.15) is 24.0 Å². The van der Waals surface area contributed by atoms with Gasteiger partial charge in [-0.2, -0.15) is 0 Å². The molecule has 4 heterocycles. The van der Waals surface area contributed by atoms with Gasteiger partial charge in [-0.25, -0.2) is 0 Å². The number of carbonyl (C=O) groups is 1. The molecule has 3 N–H and O–H groups in total. The normalized spacial score (nSPS) is 15.1. The number of carbonyl (C=O) groups excluding carboxylic acids is 1. The Morgan fingerprint density at radius 1 is 0.889 bits per heavy atom. The minimum atomic E-state index is -0.144. The van der Waals surface area contributed by atoms with Crippen molar-refractivity contribution in [1.82, 2.24) is 20.2 Å². The summed E-state index contributed by atoms with van der Waals surface area (Å²) in [5.74, 6) is 0. The first-order valence-corrected chi connectivity index (χ1v) is 9.39. The molecule has 0 unspecified atom stereocenters. The lowest BCUT2D eigenvalue weighted by molar-refractivity contribution is -0.107. The summed E-state index contributed by atoms with van der Waals surface area (Å²) < 4.78 is 0. The van der Waals surface area contributed by atoms with Gasteiger partial charge in [0.25, 0.3) is 0 Å². The third kappa shape index (κ3) is 8.61. The van der Waals surface area contributed by atoms with E-state index in [0.29, 0.717) is 6.42 Å².